The summed E-state index contributed by atoms with van der Waals surface area (Å²) in [4.78, 5) is 17.3. The zero-order valence-corrected chi connectivity index (χ0v) is 12.5. The largest absolute Gasteiger partial charge is 0.321 e. The van der Waals surface area contributed by atoms with Crippen molar-refractivity contribution >= 4 is 39.5 Å². The number of carbonyl (C=O) groups is 1. The van der Waals surface area contributed by atoms with Crippen molar-refractivity contribution in [2.45, 2.75) is 13.8 Å². The van der Waals surface area contributed by atoms with Gasteiger partial charge in [-0.2, -0.15) is 0 Å². The molecule has 6 heteroatoms. The maximum atomic E-state index is 12.2. The molecule has 0 spiro atoms. The smallest absolute Gasteiger partial charge is 0.275 e. The predicted molar refractivity (Wildman–Crippen MR) is 81.9 cm³/mol. The molecule has 0 atom stereocenters. The number of aromatic nitrogens is 2. The van der Waals surface area contributed by atoms with E-state index < -0.39 is 0 Å². The lowest BCUT2D eigenvalue weighted by Crippen LogP contribution is -2.12. The normalized spacial score (nSPS) is 10.9. The van der Waals surface area contributed by atoms with Crippen LogP contribution in [0.1, 0.15) is 21.7 Å². The molecule has 0 fully saturated rings. The van der Waals surface area contributed by atoms with Gasteiger partial charge in [0.1, 0.15) is 5.69 Å². The van der Waals surface area contributed by atoms with Gasteiger partial charge in [-0.25, -0.2) is 4.98 Å². The third kappa shape index (κ3) is 2.30. The summed E-state index contributed by atoms with van der Waals surface area (Å²) in [6, 6.07) is 5.43. The van der Waals surface area contributed by atoms with Gasteiger partial charge in [-0.1, -0.05) is 17.7 Å². The average molecular weight is 306 g/mol. The van der Waals surface area contributed by atoms with Gasteiger partial charge in [0.15, 0.2) is 4.96 Å². The van der Waals surface area contributed by atoms with Crippen molar-refractivity contribution in [2.24, 2.45) is 0 Å². The molecule has 0 saturated carbocycles. The third-order valence-electron chi connectivity index (χ3n) is 3.05. The molecule has 2 heterocycles. The summed E-state index contributed by atoms with van der Waals surface area (Å²) >= 11 is 7.56. The first kappa shape index (κ1) is 13.1. The van der Waals surface area contributed by atoms with Crippen LogP contribution in [0, 0.1) is 13.8 Å². The SMILES string of the molecule is Cc1ccc(NC(=O)c2cn3c(C)csc3n2)cc1Cl. The highest BCUT2D eigenvalue weighted by atomic mass is 35.5. The molecule has 0 unspecified atom stereocenters. The van der Waals surface area contributed by atoms with Crippen molar-refractivity contribution in [2.75, 3.05) is 5.32 Å². The van der Waals surface area contributed by atoms with Crippen LogP contribution in [0.3, 0.4) is 0 Å². The number of benzene rings is 1. The van der Waals surface area contributed by atoms with E-state index in [-0.39, 0.29) is 5.91 Å². The van der Waals surface area contributed by atoms with Crippen molar-refractivity contribution in [1.82, 2.24) is 9.38 Å². The number of rotatable bonds is 2. The number of aryl methyl sites for hydroxylation is 2. The molecular formula is C14H12ClN3OS. The second-order valence-electron chi connectivity index (χ2n) is 4.57. The van der Waals surface area contributed by atoms with E-state index in [0.717, 1.165) is 16.2 Å². The van der Waals surface area contributed by atoms with E-state index in [9.17, 15) is 4.79 Å². The lowest BCUT2D eigenvalue weighted by atomic mass is 10.2. The first-order chi connectivity index (χ1) is 9.54. The summed E-state index contributed by atoms with van der Waals surface area (Å²) in [5, 5.41) is 5.43. The zero-order chi connectivity index (χ0) is 14.3. The fourth-order valence-electron chi connectivity index (χ4n) is 1.87. The van der Waals surface area contributed by atoms with Crippen LogP contribution in [0.25, 0.3) is 4.96 Å². The van der Waals surface area contributed by atoms with E-state index in [2.05, 4.69) is 10.3 Å². The Morgan fingerprint density at radius 3 is 2.90 bits per heavy atom. The molecule has 0 aliphatic carbocycles. The number of fused-ring (bicyclic) bond motifs is 1. The lowest BCUT2D eigenvalue weighted by Gasteiger charge is -2.05. The Bertz CT molecular complexity index is 806. The number of amides is 1. The molecule has 4 nitrogen and oxygen atoms in total. The number of nitrogens with zero attached hydrogens (tertiary/aromatic N) is 2. The van der Waals surface area contributed by atoms with E-state index in [0.29, 0.717) is 16.4 Å². The van der Waals surface area contributed by atoms with Gasteiger partial charge in [-0.15, -0.1) is 11.3 Å². The van der Waals surface area contributed by atoms with Crippen LogP contribution in [0.5, 0.6) is 0 Å². The topological polar surface area (TPSA) is 46.4 Å². The Morgan fingerprint density at radius 2 is 2.20 bits per heavy atom. The first-order valence-corrected chi connectivity index (χ1v) is 7.31. The molecule has 3 rings (SSSR count). The molecule has 0 aliphatic rings. The van der Waals surface area contributed by atoms with Crippen molar-refractivity contribution in [3.05, 3.63) is 51.7 Å². The molecule has 0 aliphatic heterocycles. The number of imidazole rings is 1. The molecule has 0 bridgehead atoms. The van der Waals surface area contributed by atoms with E-state index >= 15 is 0 Å². The van der Waals surface area contributed by atoms with Gasteiger partial charge in [0.25, 0.3) is 5.91 Å². The number of thiazole rings is 1. The number of anilines is 1. The number of hydrogen-bond acceptors (Lipinski definition) is 3. The molecule has 102 valence electrons. The zero-order valence-electron chi connectivity index (χ0n) is 11.0. The van der Waals surface area contributed by atoms with Gasteiger partial charge >= 0.3 is 0 Å². The Balaban J connectivity index is 1.86. The van der Waals surface area contributed by atoms with Crippen LogP contribution < -0.4 is 5.32 Å². The van der Waals surface area contributed by atoms with Crippen LogP contribution in [0.2, 0.25) is 5.02 Å². The molecule has 0 radical (unpaired) electrons. The monoisotopic (exact) mass is 305 g/mol. The third-order valence-corrected chi connectivity index (χ3v) is 4.42. The van der Waals surface area contributed by atoms with E-state index in [1.54, 1.807) is 12.3 Å². The summed E-state index contributed by atoms with van der Waals surface area (Å²) < 4.78 is 1.90. The van der Waals surface area contributed by atoms with Crippen LogP contribution in [0.15, 0.2) is 29.8 Å². The molecule has 2 aromatic heterocycles. The highest BCUT2D eigenvalue weighted by molar-refractivity contribution is 7.15. The molecule has 20 heavy (non-hydrogen) atoms. The second kappa shape index (κ2) is 4.92. The maximum absolute atomic E-state index is 12.2. The van der Waals surface area contributed by atoms with E-state index in [1.807, 2.05) is 35.8 Å². The summed E-state index contributed by atoms with van der Waals surface area (Å²) in [7, 11) is 0. The summed E-state index contributed by atoms with van der Waals surface area (Å²) in [5.41, 5.74) is 3.10. The minimum atomic E-state index is -0.236. The predicted octanol–water partition coefficient (Wildman–Crippen LogP) is 3.92. The number of nitrogens with one attached hydrogen (secondary N) is 1. The standard InChI is InChI=1S/C14H12ClN3OS/c1-8-3-4-10(5-11(8)15)16-13(19)12-6-18-9(2)7-20-14(18)17-12/h3-7H,1-2H3,(H,16,19). The van der Waals surface area contributed by atoms with Gasteiger partial charge in [-0.3, -0.25) is 9.20 Å². The highest BCUT2D eigenvalue weighted by Crippen LogP contribution is 2.21. The Labute approximate surface area is 125 Å². The van der Waals surface area contributed by atoms with Crippen molar-refractivity contribution in [3.63, 3.8) is 0 Å². The molecule has 1 aromatic carbocycles. The summed E-state index contributed by atoms with van der Waals surface area (Å²) in [5.74, 6) is -0.236. The molecule has 0 saturated heterocycles. The van der Waals surface area contributed by atoms with E-state index in [4.69, 9.17) is 11.6 Å². The Kier molecular flexibility index (Phi) is 3.23. The molecule has 3 aromatic rings. The number of halogens is 1. The maximum Gasteiger partial charge on any atom is 0.275 e. The summed E-state index contributed by atoms with van der Waals surface area (Å²) in [6.45, 7) is 3.90. The number of carbonyl (C=O) groups excluding carboxylic acids is 1. The Morgan fingerprint density at radius 1 is 1.40 bits per heavy atom. The summed E-state index contributed by atoms with van der Waals surface area (Å²) in [6.07, 6.45) is 1.74. The van der Waals surface area contributed by atoms with E-state index in [1.165, 1.54) is 11.3 Å². The first-order valence-electron chi connectivity index (χ1n) is 6.05. The molecule has 1 amide bonds. The van der Waals surface area contributed by atoms with Crippen molar-refractivity contribution in [1.29, 1.82) is 0 Å². The van der Waals surface area contributed by atoms with Crippen LogP contribution in [-0.4, -0.2) is 15.3 Å². The molecule has 1 N–H and O–H groups in total. The van der Waals surface area contributed by atoms with Crippen LogP contribution in [-0.2, 0) is 0 Å². The van der Waals surface area contributed by atoms with Gasteiger partial charge in [-0.05, 0) is 31.5 Å². The Hall–Kier alpha value is -1.85. The fourth-order valence-corrected chi connectivity index (χ4v) is 2.90. The number of hydrogen-bond donors (Lipinski definition) is 1. The van der Waals surface area contributed by atoms with Gasteiger partial charge < -0.3 is 5.32 Å². The van der Waals surface area contributed by atoms with Crippen LogP contribution >= 0.6 is 22.9 Å². The second-order valence-corrected chi connectivity index (χ2v) is 5.82. The molecular weight excluding hydrogens is 294 g/mol. The average Bonchev–Trinajstić information content (AvgIpc) is 2.97. The van der Waals surface area contributed by atoms with Gasteiger partial charge in [0.2, 0.25) is 0 Å². The fraction of sp³-hybridized carbons (Fsp3) is 0.143. The minimum absolute atomic E-state index is 0.236. The minimum Gasteiger partial charge on any atom is -0.321 e. The lowest BCUT2D eigenvalue weighted by molar-refractivity contribution is 0.102. The van der Waals surface area contributed by atoms with Gasteiger partial charge in [0, 0.05) is 28.0 Å². The van der Waals surface area contributed by atoms with Gasteiger partial charge in [0.05, 0.1) is 0 Å². The van der Waals surface area contributed by atoms with Crippen molar-refractivity contribution < 1.29 is 4.79 Å². The van der Waals surface area contributed by atoms with Crippen molar-refractivity contribution in [3.8, 4) is 0 Å². The quantitative estimate of drug-likeness (QED) is 0.780. The highest BCUT2D eigenvalue weighted by Gasteiger charge is 2.13. The van der Waals surface area contributed by atoms with Crippen LogP contribution in [0.4, 0.5) is 5.69 Å².